The van der Waals surface area contributed by atoms with E-state index < -0.39 is 0 Å². The molecule has 1 aliphatic carbocycles. The quantitative estimate of drug-likeness (QED) is 0.855. The van der Waals surface area contributed by atoms with Crippen LogP contribution in [0.2, 0.25) is 0 Å². The fourth-order valence-electron chi connectivity index (χ4n) is 3.20. The van der Waals surface area contributed by atoms with Gasteiger partial charge in [-0.15, -0.1) is 11.3 Å². The van der Waals surface area contributed by atoms with Gasteiger partial charge in [-0.2, -0.15) is 0 Å². The molecule has 0 radical (unpaired) electrons. The van der Waals surface area contributed by atoms with Crippen molar-refractivity contribution in [2.75, 3.05) is 11.9 Å². The Labute approximate surface area is 131 Å². The summed E-state index contributed by atoms with van der Waals surface area (Å²) in [6, 6.07) is 2.20. The van der Waals surface area contributed by atoms with Crippen LogP contribution in [-0.2, 0) is 0 Å². The van der Waals surface area contributed by atoms with Gasteiger partial charge in [-0.1, -0.05) is 13.8 Å². The minimum absolute atomic E-state index is 0.491. The van der Waals surface area contributed by atoms with Gasteiger partial charge in [0.2, 0.25) is 0 Å². The summed E-state index contributed by atoms with van der Waals surface area (Å²) in [6.07, 6.45) is 4.99. The van der Waals surface area contributed by atoms with Gasteiger partial charge in [-0.3, -0.25) is 0 Å². The minimum Gasteiger partial charge on any atom is -0.370 e. The molecule has 2 heterocycles. The van der Waals surface area contributed by atoms with Crippen LogP contribution in [0.3, 0.4) is 0 Å². The average Bonchev–Trinajstić information content (AvgIpc) is 2.79. The molecule has 0 amide bonds. The lowest BCUT2D eigenvalue weighted by Crippen LogP contribution is -2.21. The van der Waals surface area contributed by atoms with E-state index in [1.165, 1.54) is 35.9 Å². The van der Waals surface area contributed by atoms with Crippen molar-refractivity contribution in [2.45, 2.75) is 59.3 Å². The van der Waals surface area contributed by atoms with E-state index in [-0.39, 0.29) is 0 Å². The summed E-state index contributed by atoms with van der Waals surface area (Å²) in [4.78, 5) is 12.2. The van der Waals surface area contributed by atoms with Crippen LogP contribution in [0.4, 0.5) is 5.82 Å². The molecule has 4 heteroatoms. The lowest BCUT2D eigenvalue weighted by Gasteiger charge is -2.33. The van der Waals surface area contributed by atoms with E-state index in [0.29, 0.717) is 11.3 Å². The molecule has 1 aliphatic rings. The van der Waals surface area contributed by atoms with Gasteiger partial charge < -0.3 is 5.32 Å². The average molecular weight is 303 g/mol. The number of rotatable bonds is 3. The maximum absolute atomic E-state index is 4.88. The highest BCUT2D eigenvalue weighted by atomic mass is 32.1. The minimum atomic E-state index is 0.491. The van der Waals surface area contributed by atoms with Crippen LogP contribution in [0.15, 0.2) is 6.07 Å². The lowest BCUT2D eigenvalue weighted by atomic mass is 9.73. The fourth-order valence-corrected chi connectivity index (χ4v) is 4.09. The molecule has 1 fully saturated rings. The Morgan fingerprint density at radius 1 is 1.29 bits per heavy atom. The third kappa shape index (κ3) is 3.05. The number of hydrogen-bond acceptors (Lipinski definition) is 4. The first kappa shape index (κ1) is 14.8. The van der Waals surface area contributed by atoms with Crippen LogP contribution in [0.25, 0.3) is 10.2 Å². The molecule has 1 saturated carbocycles. The van der Waals surface area contributed by atoms with E-state index >= 15 is 0 Å². The maximum atomic E-state index is 4.88. The maximum Gasteiger partial charge on any atom is 0.138 e. The molecule has 0 aromatic carbocycles. The van der Waals surface area contributed by atoms with Crippen molar-refractivity contribution >= 4 is 27.4 Å². The Hall–Kier alpha value is -1.16. The number of aromatic nitrogens is 2. The van der Waals surface area contributed by atoms with Gasteiger partial charge in [0.05, 0.1) is 5.39 Å². The van der Waals surface area contributed by atoms with Gasteiger partial charge in [0.25, 0.3) is 0 Å². The van der Waals surface area contributed by atoms with Gasteiger partial charge in [0.15, 0.2) is 0 Å². The van der Waals surface area contributed by atoms with Crippen molar-refractivity contribution in [3.8, 4) is 0 Å². The molecule has 0 aliphatic heterocycles. The highest BCUT2D eigenvalue weighted by Crippen LogP contribution is 2.42. The first-order valence-corrected chi connectivity index (χ1v) is 8.82. The first-order chi connectivity index (χ1) is 9.98. The molecular formula is C17H25N3S. The van der Waals surface area contributed by atoms with E-state index in [0.717, 1.165) is 23.0 Å². The second-order valence-corrected chi connectivity index (χ2v) is 8.21. The molecule has 3 rings (SSSR count). The normalized spacial score (nSPS) is 19.0. The van der Waals surface area contributed by atoms with Gasteiger partial charge in [0, 0.05) is 17.3 Å². The van der Waals surface area contributed by atoms with E-state index in [1.54, 1.807) is 11.3 Å². The van der Waals surface area contributed by atoms with Gasteiger partial charge in [-0.25, -0.2) is 9.97 Å². The number of hydrogen-bond donors (Lipinski definition) is 1. The second kappa shape index (κ2) is 5.56. The molecule has 0 saturated heterocycles. The van der Waals surface area contributed by atoms with Crippen LogP contribution >= 0.6 is 11.3 Å². The molecule has 0 unspecified atom stereocenters. The third-order valence-electron chi connectivity index (χ3n) is 4.58. The SMILES string of the molecule is CCNc1nc(C2CCC(C)(C)CC2)nc2sc(C)cc12. The number of anilines is 1. The molecule has 0 spiro atoms. The summed E-state index contributed by atoms with van der Waals surface area (Å²) in [5.41, 5.74) is 0.491. The van der Waals surface area contributed by atoms with Gasteiger partial charge in [0.1, 0.15) is 16.5 Å². The summed E-state index contributed by atoms with van der Waals surface area (Å²) in [7, 11) is 0. The van der Waals surface area contributed by atoms with Gasteiger partial charge >= 0.3 is 0 Å². The highest BCUT2D eigenvalue weighted by Gasteiger charge is 2.29. The zero-order valence-corrected chi connectivity index (χ0v) is 14.3. The fraction of sp³-hybridized carbons (Fsp3) is 0.647. The van der Waals surface area contributed by atoms with E-state index in [2.05, 4.69) is 39.1 Å². The Balaban J connectivity index is 1.95. The number of nitrogens with one attached hydrogen (secondary N) is 1. The first-order valence-electron chi connectivity index (χ1n) is 8.00. The zero-order valence-electron chi connectivity index (χ0n) is 13.5. The van der Waals surface area contributed by atoms with E-state index in [9.17, 15) is 0 Å². The monoisotopic (exact) mass is 303 g/mol. The van der Waals surface area contributed by atoms with Crippen molar-refractivity contribution < 1.29 is 0 Å². The molecule has 3 nitrogen and oxygen atoms in total. The summed E-state index contributed by atoms with van der Waals surface area (Å²) in [5, 5.41) is 4.59. The number of fused-ring (bicyclic) bond motifs is 1. The Kier molecular flexibility index (Phi) is 3.91. The standard InChI is InChI=1S/C17H25N3S/c1-5-18-15-13-10-11(2)21-16(13)20-14(19-15)12-6-8-17(3,4)9-7-12/h10,12H,5-9H2,1-4H3,(H,18,19,20). The molecule has 0 bridgehead atoms. The lowest BCUT2D eigenvalue weighted by molar-refractivity contribution is 0.221. The molecule has 114 valence electrons. The van der Waals surface area contributed by atoms with Gasteiger partial charge in [-0.05, 0) is 51.0 Å². The number of thiophene rings is 1. The molecule has 2 aromatic heterocycles. The second-order valence-electron chi connectivity index (χ2n) is 6.98. The van der Waals surface area contributed by atoms with Crippen LogP contribution < -0.4 is 5.32 Å². The molecule has 2 aromatic rings. The molecule has 21 heavy (non-hydrogen) atoms. The Morgan fingerprint density at radius 3 is 2.67 bits per heavy atom. The Bertz CT molecular complexity index is 635. The Morgan fingerprint density at radius 2 is 2.00 bits per heavy atom. The summed E-state index contributed by atoms with van der Waals surface area (Å²) in [6.45, 7) is 9.92. The van der Waals surface area contributed by atoms with E-state index in [4.69, 9.17) is 9.97 Å². The highest BCUT2D eigenvalue weighted by molar-refractivity contribution is 7.18. The van der Waals surface area contributed by atoms with Crippen molar-refractivity contribution in [3.63, 3.8) is 0 Å². The summed E-state index contributed by atoms with van der Waals surface area (Å²) >= 11 is 1.78. The van der Waals surface area contributed by atoms with Crippen molar-refractivity contribution in [2.24, 2.45) is 5.41 Å². The third-order valence-corrected chi connectivity index (χ3v) is 5.53. The zero-order chi connectivity index (χ0) is 15.0. The van der Waals surface area contributed by atoms with Crippen LogP contribution in [0.1, 0.15) is 63.1 Å². The van der Waals surface area contributed by atoms with Crippen molar-refractivity contribution in [1.82, 2.24) is 9.97 Å². The molecule has 1 N–H and O–H groups in total. The van der Waals surface area contributed by atoms with Crippen molar-refractivity contribution in [3.05, 3.63) is 16.8 Å². The predicted octanol–water partition coefficient (Wildman–Crippen LogP) is 5.12. The van der Waals surface area contributed by atoms with Crippen molar-refractivity contribution in [1.29, 1.82) is 0 Å². The molecular weight excluding hydrogens is 278 g/mol. The molecule has 0 atom stereocenters. The summed E-state index contributed by atoms with van der Waals surface area (Å²) in [5.74, 6) is 2.60. The van der Waals surface area contributed by atoms with Crippen LogP contribution in [-0.4, -0.2) is 16.5 Å². The number of nitrogens with zero attached hydrogens (tertiary/aromatic N) is 2. The topological polar surface area (TPSA) is 37.8 Å². The summed E-state index contributed by atoms with van der Waals surface area (Å²) < 4.78 is 0. The van der Waals surface area contributed by atoms with Crippen LogP contribution in [0, 0.1) is 12.3 Å². The largest absolute Gasteiger partial charge is 0.370 e. The van der Waals surface area contributed by atoms with Crippen LogP contribution in [0.5, 0.6) is 0 Å². The predicted molar refractivity (Wildman–Crippen MR) is 91.3 cm³/mol. The number of aryl methyl sites for hydroxylation is 1. The smallest absolute Gasteiger partial charge is 0.138 e. The van der Waals surface area contributed by atoms with E-state index in [1.807, 2.05) is 0 Å².